The monoisotopic (exact) mass is 344 g/mol. The number of ether oxygens (including phenoxy) is 1. The highest BCUT2D eigenvalue weighted by Gasteiger charge is 2.33. The molecule has 122 valence electrons. The minimum absolute atomic E-state index is 0.0735. The fourth-order valence-electron chi connectivity index (χ4n) is 3.09. The number of rotatable bonds is 4. The Bertz CT molecular complexity index is 617. The van der Waals surface area contributed by atoms with E-state index in [4.69, 9.17) is 16.3 Å². The Balaban J connectivity index is 1.67. The van der Waals surface area contributed by atoms with Gasteiger partial charge in [0.1, 0.15) is 5.25 Å². The molecule has 1 aromatic carbocycles. The second-order valence-corrected chi connectivity index (χ2v) is 8.28. The number of sulfonamides is 1. The lowest BCUT2D eigenvalue weighted by Crippen LogP contribution is -2.50. The highest BCUT2D eigenvalue weighted by molar-refractivity contribution is 7.90. The van der Waals surface area contributed by atoms with Gasteiger partial charge in [0.2, 0.25) is 10.0 Å². The maximum atomic E-state index is 12.4. The van der Waals surface area contributed by atoms with Crippen molar-refractivity contribution in [3.63, 3.8) is 0 Å². The molecule has 0 bridgehead atoms. The van der Waals surface area contributed by atoms with Gasteiger partial charge < -0.3 is 9.64 Å². The molecule has 0 spiro atoms. The van der Waals surface area contributed by atoms with Crippen molar-refractivity contribution in [3.05, 3.63) is 29.3 Å². The van der Waals surface area contributed by atoms with Crippen molar-refractivity contribution in [1.82, 2.24) is 4.72 Å². The molecule has 0 aliphatic carbocycles. The van der Waals surface area contributed by atoms with Gasteiger partial charge in [-0.1, -0.05) is 23.7 Å². The Morgan fingerprint density at radius 1 is 1.27 bits per heavy atom. The van der Waals surface area contributed by atoms with Crippen molar-refractivity contribution in [3.8, 4) is 0 Å². The van der Waals surface area contributed by atoms with E-state index in [1.807, 2.05) is 24.3 Å². The van der Waals surface area contributed by atoms with E-state index < -0.39 is 15.3 Å². The molecule has 2 aliphatic rings. The Kier molecular flexibility index (Phi) is 4.92. The summed E-state index contributed by atoms with van der Waals surface area (Å²) in [5, 5.41) is 0.290. The van der Waals surface area contributed by atoms with Gasteiger partial charge in [0.15, 0.2) is 0 Å². The second-order valence-electron chi connectivity index (χ2n) is 5.89. The number of anilines is 1. The van der Waals surface area contributed by atoms with Crippen LogP contribution in [0.2, 0.25) is 5.02 Å². The Morgan fingerprint density at radius 2 is 2.09 bits per heavy atom. The lowest BCUT2D eigenvalue weighted by molar-refractivity contribution is 0.198. The summed E-state index contributed by atoms with van der Waals surface area (Å²) >= 11 is 6.25. The highest BCUT2D eigenvalue weighted by Crippen LogP contribution is 2.28. The third-order valence-corrected chi connectivity index (χ3v) is 6.50. The molecule has 0 saturated carbocycles. The Morgan fingerprint density at radius 3 is 2.82 bits per heavy atom. The van der Waals surface area contributed by atoms with Crippen LogP contribution in [0.1, 0.15) is 19.3 Å². The Hall–Kier alpha value is -0.820. The molecular formula is C15H21ClN2O3S. The maximum absolute atomic E-state index is 12.4. The summed E-state index contributed by atoms with van der Waals surface area (Å²) in [6.45, 7) is 2.38. The van der Waals surface area contributed by atoms with Crippen molar-refractivity contribution < 1.29 is 13.2 Å². The molecule has 0 unspecified atom stereocenters. The predicted octanol–water partition coefficient (Wildman–Crippen LogP) is 2.02. The summed E-state index contributed by atoms with van der Waals surface area (Å²) in [6.07, 6.45) is 2.38. The molecule has 3 rings (SSSR count). The first kappa shape index (κ1) is 16.1. The molecule has 0 aromatic heterocycles. The molecule has 2 saturated heterocycles. The van der Waals surface area contributed by atoms with Crippen molar-refractivity contribution in [2.24, 2.45) is 0 Å². The van der Waals surface area contributed by atoms with Gasteiger partial charge in [0.25, 0.3) is 0 Å². The number of nitrogens with one attached hydrogen (secondary N) is 1. The van der Waals surface area contributed by atoms with E-state index in [-0.39, 0.29) is 6.04 Å². The summed E-state index contributed by atoms with van der Waals surface area (Å²) in [5.41, 5.74) is 0.970. The number of nitrogens with zero attached hydrogens (tertiary/aromatic N) is 1. The minimum Gasteiger partial charge on any atom is -0.380 e. The predicted molar refractivity (Wildman–Crippen MR) is 88.0 cm³/mol. The summed E-state index contributed by atoms with van der Waals surface area (Å²) in [6, 6.07) is 7.61. The molecule has 5 nitrogen and oxygen atoms in total. The summed E-state index contributed by atoms with van der Waals surface area (Å²) in [5.74, 6) is 0. The van der Waals surface area contributed by atoms with Crippen molar-refractivity contribution >= 4 is 27.3 Å². The largest absolute Gasteiger partial charge is 0.380 e. The van der Waals surface area contributed by atoms with Gasteiger partial charge in [-0.2, -0.15) is 0 Å². The summed E-state index contributed by atoms with van der Waals surface area (Å²) in [7, 11) is -3.31. The van der Waals surface area contributed by atoms with Gasteiger partial charge in [0, 0.05) is 25.7 Å². The normalized spacial score (nSPS) is 26.3. The first-order chi connectivity index (χ1) is 10.6. The third kappa shape index (κ3) is 3.56. The van der Waals surface area contributed by atoms with Crippen LogP contribution in [0.5, 0.6) is 0 Å². The second kappa shape index (κ2) is 6.74. The number of hydrogen-bond donors (Lipinski definition) is 1. The zero-order chi connectivity index (χ0) is 15.6. The Labute approximate surface area is 136 Å². The average Bonchev–Trinajstić information content (AvgIpc) is 3.03. The van der Waals surface area contributed by atoms with Gasteiger partial charge in [-0.25, -0.2) is 13.1 Å². The van der Waals surface area contributed by atoms with E-state index in [1.165, 1.54) is 0 Å². The third-order valence-electron chi connectivity index (χ3n) is 4.27. The van der Waals surface area contributed by atoms with Gasteiger partial charge >= 0.3 is 0 Å². The van der Waals surface area contributed by atoms with Crippen LogP contribution < -0.4 is 9.62 Å². The van der Waals surface area contributed by atoms with Gasteiger partial charge in [-0.3, -0.25) is 0 Å². The molecule has 2 atom stereocenters. The lowest BCUT2D eigenvalue weighted by Gasteiger charge is -2.35. The molecule has 7 heteroatoms. The minimum atomic E-state index is -3.31. The fraction of sp³-hybridized carbons (Fsp3) is 0.600. The van der Waals surface area contributed by atoms with Crippen LogP contribution >= 0.6 is 11.6 Å². The maximum Gasteiger partial charge on any atom is 0.217 e. The van der Waals surface area contributed by atoms with Crippen molar-refractivity contribution in [1.29, 1.82) is 0 Å². The van der Waals surface area contributed by atoms with Gasteiger partial charge in [-0.15, -0.1) is 0 Å². The standard InChI is InChI=1S/C15H21ClN2O3S/c16-14-5-1-2-6-15(14)18-8-3-4-12(10-18)17-22(19,20)13-7-9-21-11-13/h1-2,5-6,12-13,17H,3-4,7-11H2/t12-,13-/m0/s1. The number of benzene rings is 1. The SMILES string of the molecule is O=S(=O)(N[C@H]1CCCN(c2ccccc2Cl)C1)[C@H]1CCOC1. The first-order valence-electron chi connectivity index (χ1n) is 7.64. The van der Waals surface area contributed by atoms with Gasteiger partial charge in [0.05, 0.1) is 17.3 Å². The molecule has 2 fully saturated rings. The number of halogens is 1. The molecule has 1 N–H and O–H groups in total. The molecule has 2 aliphatic heterocycles. The van der Waals surface area contributed by atoms with Crippen LogP contribution in [0.3, 0.4) is 0 Å². The van der Waals surface area contributed by atoms with Crippen LogP contribution in [0.25, 0.3) is 0 Å². The zero-order valence-electron chi connectivity index (χ0n) is 12.4. The van der Waals surface area contributed by atoms with Crippen molar-refractivity contribution in [2.75, 3.05) is 31.2 Å². The van der Waals surface area contributed by atoms with Crippen LogP contribution in [-0.2, 0) is 14.8 Å². The van der Waals surface area contributed by atoms with Crippen molar-refractivity contribution in [2.45, 2.75) is 30.6 Å². The van der Waals surface area contributed by atoms with E-state index >= 15 is 0 Å². The molecule has 22 heavy (non-hydrogen) atoms. The zero-order valence-corrected chi connectivity index (χ0v) is 13.9. The number of hydrogen-bond acceptors (Lipinski definition) is 4. The van der Waals surface area contributed by atoms with Gasteiger partial charge in [-0.05, 0) is 31.4 Å². The lowest BCUT2D eigenvalue weighted by atomic mass is 10.1. The van der Waals surface area contributed by atoms with E-state index in [0.29, 0.717) is 31.2 Å². The van der Waals surface area contributed by atoms with E-state index in [2.05, 4.69) is 9.62 Å². The molecule has 1 aromatic rings. The number of para-hydroxylation sites is 1. The van der Waals surface area contributed by atoms with Crippen LogP contribution in [0.15, 0.2) is 24.3 Å². The topological polar surface area (TPSA) is 58.6 Å². The summed E-state index contributed by atoms with van der Waals surface area (Å²) < 4.78 is 32.8. The molecule has 0 amide bonds. The van der Waals surface area contributed by atoms with E-state index in [0.717, 1.165) is 25.1 Å². The average molecular weight is 345 g/mol. The van der Waals surface area contributed by atoms with Crippen LogP contribution in [0.4, 0.5) is 5.69 Å². The van der Waals surface area contributed by atoms with Crippen LogP contribution in [0, 0.1) is 0 Å². The first-order valence-corrected chi connectivity index (χ1v) is 9.57. The molecule has 0 radical (unpaired) electrons. The quantitative estimate of drug-likeness (QED) is 0.907. The fourth-order valence-corrected chi connectivity index (χ4v) is 4.87. The summed E-state index contributed by atoms with van der Waals surface area (Å²) in [4.78, 5) is 2.16. The highest BCUT2D eigenvalue weighted by atomic mass is 35.5. The van der Waals surface area contributed by atoms with E-state index in [1.54, 1.807) is 0 Å². The van der Waals surface area contributed by atoms with Crippen LogP contribution in [-0.4, -0.2) is 46.0 Å². The smallest absolute Gasteiger partial charge is 0.217 e. The molecular weight excluding hydrogens is 324 g/mol. The molecule has 2 heterocycles. The number of piperidine rings is 1. The van der Waals surface area contributed by atoms with E-state index in [9.17, 15) is 8.42 Å².